The normalized spacial score (nSPS) is 11.7. The van der Waals surface area contributed by atoms with Crippen LogP contribution < -0.4 is 32.9 Å². The van der Waals surface area contributed by atoms with Crippen LogP contribution in [0.5, 0.6) is 0 Å². The van der Waals surface area contributed by atoms with Crippen LogP contribution >= 0.6 is 7.26 Å². The highest BCUT2D eigenvalue weighted by Crippen LogP contribution is 2.55. The Labute approximate surface area is 325 Å². The molecule has 0 amide bonds. The summed E-state index contributed by atoms with van der Waals surface area (Å²) in [6.07, 6.45) is 32.7. The lowest BCUT2D eigenvalue weighted by Crippen LogP contribution is -3.00. The standard InChI is InChI=1S/C47H72O2P.BrH/c1-3-5-7-9-14-18-31-41-48-47(49-42-32-19-15-10-8-6-4-2)40-30-17-13-11-12-16-20-33-43-50(44-34-24-21-25-35-44,45-36-26-22-27-37-45)46-38-28-23-29-39-46;/h12,16,21-29,34-39,47H,3-11,13-15,17-20,30-33,40-43H2,1-2H3;1H/q+1;/p-1/b16-12+;. The third kappa shape index (κ3) is 18.7. The average molecular weight is 780 g/mol. The molecule has 0 unspecified atom stereocenters. The zero-order valence-electron chi connectivity index (χ0n) is 32.5. The Morgan fingerprint density at radius 3 is 1.25 bits per heavy atom. The molecule has 0 aliphatic heterocycles. The summed E-state index contributed by atoms with van der Waals surface area (Å²) in [4.78, 5) is 0. The first-order chi connectivity index (χ1) is 24.8. The third-order valence-electron chi connectivity index (χ3n) is 10.0. The van der Waals surface area contributed by atoms with Gasteiger partial charge >= 0.3 is 0 Å². The van der Waals surface area contributed by atoms with Crippen molar-refractivity contribution in [3.8, 4) is 0 Å². The number of unbranched alkanes of at least 4 members (excludes halogenated alkanes) is 16. The van der Waals surface area contributed by atoms with Crippen molar-refractivity contribution < 1.29 is 26.5 Å². The van der Waals surface area contributed by atoms with Crippen LogP contribution in [0, 0.1) is 0 Å². The van der Waals surface area contributed by atoms with E-state index in [-0.39, 0.29) is 23.3 Å². The Morgan fingerprint density at radius 2 is 0.824 bits per heavy atom. The second-order valence-electron chi connectivity index (χ2n) is 14.2. The average Bonchev–Trinajstić information content (AvgIpc) is 3.17. The summed E-state index contributed by atoms with van der Waals surface area (Å²) >= 11 is 0. The summed E-state index contributed by atoms with van der Waals surface area (Å²) in [5.74, 6) is 0. The van der Waals surface area contributed by atoms with E-state index in [4.69, 9.17) is 9.47 Å². The second-order valence-corrected chi connectivity index (χ2v) is 17.8. The fourth-order valence-corrected chi connectivity index (χ4v) is 11.4. The van der Waals surface area contributed by atoms with Gasteiger partial charge in [0.25, 0.3) is 0 Å². The number of halogens is 1. The van der Waals surface area contributed by atoms with Crippen LogP contribution in [0.2, 0.25) is 0 Å². The highest BCUT2D eigenvalue weighted by Gasteiger charge is 2.44. The molecule has 0 atom stereocenters. The van der Waals surface area contributed by atoms with E-state index in [9.17, 15) is 0 Å². The van der Waals surface area contributed by atoms with Gasteiger partial charge in [-0.3, -0.25) is 0 Å². The molecule has 2 nitrogen and oxygen atoms in total. The Balaban J connectivity index is 0.00000901. The number of rotatable bonds is 31. The Kier molecular flexibility index (Phi) is 27.3. The van der Waals surface area contributed by atoms with Crippen LogP contribution in [0.15, 0.2) is 103 Å². The molecule has 3 aromatic carbocycles. The van der Waals surface area contributed by atoms with Gasteiger partial charge in [0.05, 0.1) is 6.16 Å². The minimum absolute atomic E-state index is 0. The van der Waals surface area contributed by atoms with Gasteiger partial charge in [-0.2, -0.15) is 0 Å². The second kappa shape index (κ2) is 30.7. The van der Waals surface area contributed by atoms with Gasteiger partial charge < -0.3 is 26.5 Å². The molecule has 0 aromatic heterocycles. The minimum atomic E-state index is -1.73. The van der Waals surface area contributed by atoms with E-state index in [2.05, 4.69) is 117 Å². The smallest absolute Gasteiger partial charge is 0.157 e. The number of ether oxygens (including phenoxy) is 2. The van der Waals surface area contributed by atoms with Gasteiger partial charge in [-0.25, -0.2) is 0 Å². The number of hydrogen-bond donors (Lipinski definition) is 0. The van der Waals surface area contributed by atoms with Crippen LogP contribution in [-0.4, -0.2) is 25.7 Å². The van der Waals surface area contributed by atoms with E-state index in [0.717, 1.165) is 26.1 Å². The summed E-state index contributed by atoms with van der Waals surface area (Å²) < 4.78 is 12.6. The predicted molar refractivity (Wildman–Crippen MR) is 223 cm³/mol. The third-order valence-corrected chi connectivity index (χ3v) is 14.6. The van der Waals surface area contributed by atoms with Crippen LogP contribution in [0.1, 0.15) is 149 Å². The van der Waals surface area contributed by atoms with Gasteiger partial charge in [0, 0.05) is 13.2 Å². The maximum atomic E-state index is 6.29. The van der Waals surface area contributed by atoms with E-state index in [0.29, 0.717) is 0 Å². The molecule has 284 valence electrons. The van der Waals surface area contributed by atoms with E-state index in [1.807, 2.05) is 0 Å². The van der Waals surface area contributed by atoms with E-state index < -0.39 is 7.26 Å². The largest absolute Gasteiger partial charge is 1.00 e. The summed E-state index contributed by atoms with van der Waals surface area (Å²) in [5.41, 5.74) is 0. The quantitative estimate of drug-likeness (QED) is 0.0280. The molecule has 51 heavy (non-hydrogen) atoms. The number of allylic oxidation sites excluding steroid dienone is 2. The van der Waals surface area contributed by atoms with Crippen LogP contribution in [0.4, 0.5) is 0 Å². The van der Waals surface area contributed by atoms with Crippen molar-refractivity contribution in [1.82, 2.24) is 0 Å². The van der Waals surface area contributed by atoms with Gasteiger partial charge in [0.15, 0.2) is 6.29 Å². The molecule has 0 aliphatic carbocycles. The molecule has 0 heterocycles. The Hall–Kier alpha value is -1.77. The fourth-order valence-electron chi connectivity index (χ4n) is 7.08. The van der Waals surface area contributed by atoms with Crippen molar-refractivity contribution in [2.75, 3.05) is 19.4 Å². The topological polar surface area (TPSA) is 18.5 Å². The molecule has 0 bridgehead atoms. The first-order valence-corrected chi connectivity index (χ1v) is 22.7. The maximum absolute atomic E-state index is 6.29. The zero-order valence-corrected chi connectivity index (χ0v) is 35.0. The lowest BCUT2D eigenvalue weighted by Gasteiger charge is -2.27. The van der Waals surface area contributed by atoms with Crippen LogP contribution in [-0.2, 0) is 9.47 Å². The molecule has 0 saturated carbocycles. The molecule has 0 spiro atoms. The van der Waals surface area contributed by atoms with Gasteiger partial charge in [0.2, 0.25) is 0 Å². The summed E-state index contributed by atoms with van der Waals surface area (Å²) in [5, 5.41) is 4.45. The molecule has 0 aliphatic rings. The SMILES string of the molecule is CCCCCCCCCOC(CCCCC/C=C/CCC[P+](c1ccccc1)(c1ccccc1)c1ccccc1)OCCCCCCCCC.[Br-]. The molecule has 0 N–H and O–H groups in total. The summed E-state index contributed by atoms with van der Waals surface area (Å²) in [7, 11) is -1.73. The molecular formula is C47H72BrO2P. The maximum Gasteiger partial charge on any atom is 0.157 e. The molecule has 0 radical (unpaired) electrons. The lowest BCUT2D eigenvalue weighted by molar-refractivity contribution is -0.148. The summed E-state index contributed by atoms with van der Waals surface area (Å²) in [6, 6.07) is 33.8. The molecule has 3 rings (SSSR count). The Morgan fingerprint density at radius 1 is 0.451 bits per heavy atom. The van der Waals surface area contributed by atoms with E-state index in [1.165, 1.54) is 144 Å². The zero-order chi connectivity index (χ0) is 35.2. The van der Waals surface area contributed by atoms with Crippen molar-refractivity contribution in [2.45, 2.75) is 155 Å². The fraction of sp³-hybridized carbons (Fsp3) is 0.574. The molecule has 0 saturated heterocycles. The van der Waals surface area contributed by atoms with Gasteiger partial charge in [-0.1, -0.05) is 164 Å². The highest BCUT2D eigenvalue weighted by molar-refractivity contribution is 7.95. The predicted octanol–water partition coefficient (Wildman–Crippen LogP) is 10.1. The first kappa shape index (κ1) is 45.4. The van der Waals surface area contributed by atoms with Gasteiger partial charge in [-0.15, -0.1) is 0 Å². The van der Waals surface area contributed by atoms with Crippen molar-refractivity contribution in [1.29, 1.82) is 0 Å². The van der Waals surface area contributed by atoms with Crippen molar-refractivity contribution in [2.24, 2.45) is 0 Å². The molecule has 4 heteroatoms. The Bertz CT molecular complexity index is 1090. The lowest BCUT2D eigenvalue weighted by atomic mass is 10.1. The van der Waals surface area contributed by atoms with Gasteiger partial charge in [-0.05, 0) is 87.8 Å². The number of hydrogen-bond acceptors (Lipinski definition) is 2. The van der Waals surface area contributed by atoms with Gasteiger partial charge in [0.1, 0.15) is 23.2 Å². The van der Waals surface area contributed by atoms with Crippen molar-refractivity contribution in [3.63, 3.8) is 0 Å². The summed E-state index contributed by atoms with van der Waals surface area (Å²) in [6.45, 7) is 6.27. The molecule has 0 fully saturated rings. The first-order valence-electron chi connectivity index (χ1n) is 20.7. The van der Waals surface area contributed by atoms with E-state index >= 15 is 0 Å². The van der Waals surface area contributed by atoms with Crippen LogP contribution in [0.25, 0.3) is 0 Å². The number of benzene rings is 3. The minimum Gasteiger partial charge on any atom is -1.00 e. The van der Waals surface area contributed by atoms with E-state index in [1.54, 1.807) is 0 Å². The molecule has 3 aromatic rings. The van der Waals surface area contributed by atoms with Crippen molar-refractivity contribution >= 4 is 23.2 Å². The monoisotopic (exact) mass is 778 g/mol. The molecular weight excluding hydrogens is 707 g/mol. The highest BCUT2D eigenvalue weighted by atomic mass is 79.9. The van der Waals surface area contributed by atoms with Crippen molar-refractivity contribution in [3.05, 3.63) is 103 Å². The van der Waals surface area contributed by atoms with Crippen LogP contribution in [0.3, 0.4) is 0 Å².